The average molecular weight is 395 g/mol. The van der Waals surface area contributed by atoms with Crippen LogP contribution in [0.5, 0.6) is 0 Å². The number of benzene rings is 1. The number of carbonyl (C=O) groups excluding carboxylic acids is 1. The maximum atomic E-state index is 12.3. The molecule has 154 valence electrons. The van der Waals surface area contributed by atoms with Crippen LogP contribution >= 0.6 is 0 Å². The van der Waals surface area contributed by atoms with Gasteiger partial charge in [-0.3, -0.25) is 4.79 Å². The van der Waals surface area contributed by atoms with E-state index >= 15 is 0 Å². The van der Waals surface area contributed by atoms with Gasteiger partial charge in [0.25, 0.3) is 0 Å². The Morgan fingerprint density at radius 3 is 2.48 bits per heavy atom. The molecule has 4 rings (SSSR count). The van der Waals surface area contributed by atoms with E-state index in [1.54, 1.807) is 19.3 Å². The van der Waals surface area contributed by atoms with Crippen LogP contribution in [0.2, 0.25) is 0 Å². The van der Waals surface area contributed by atoms with E-state index in [4.69, 9.17) is 4.74 Å². The molecule has 2 atom stereocenters. The number of anilines is 1. The van der Waals surface area contributed by atoms with Crippen molar-refractivity contribution in [2.24, 2.45) is 0 Å². The van der Waals surface area contributed by atoms with Gasteiger partial charge in [-0.15, -0.1) is 0 Å². The van der Waals surface area contributed by atoms with E-state index in [9.17, 15) is 4.79 Å². The Labute approximate surface area is 172 Å². The smallest absolute Gasteiger partial charge is 0.225 e. The number of hydrogen-bond donors (Lipinski definition) is 0. The Bertz CT molecular complexity index is 806. The summed E-state index contributed by atoms with van der Waals surface area (Å²) in [4.78, 5) is 25.3. The molecule has 0 unspecified atom stereocenters. The van der Waals surface area contributed by atoms with Crippen molar-refractivity contribution in [3.05, 3.63) is 54.4 Å². The molecule has 1 aromatic heterocycles. The van der Waals surface area contributed by atoms with Crippen LogP contribution in [0, 0.1) is 0 Å². The van der Waals surface area contributed by atoms with E-state index in [-0.39, 0.29) is 23.7 Å². The third-order valence-electron chi connectivity index (χ3n) is 6.35. The topological polar surface area (TPSA) is 58.6 Å². The third-order valence-corrected chi connectivity index (χ3v) is 6.35. The lowest BCUT2D eigenvalue weighted by molar-refractivity contribution is -0.169. The maximum Gasteiger partial charge on any atom is 0.225 e. The van der Waals surface area contributed by atoms with Crippen molar-refractivity contribution in [1.29, 1.82) is 0 Å². The molecule has 0 N–H and O–H groups in total. The minimum absolute atomic E-state index is 0.0166. The summed E-state index contributed by atoms with van der Waals surface area (Å²) in [6.07, 6.45) is 7.18. The first kappa shape index (κ1) is 19.8. The molecule has 0 aliphatic carbocycles. The molecule has 2 aliphatic rings. The van der Waals surface area contributed by atoms with Crippen LogP contribution in [-0.2, 0) is 9.53 Å². The summed E-state index contributed by atoms with van der Waals surface area (Å²) >= 11 is 0. The number of aromatic nitrogens is 2. The highest BCUT2D eigenvalue weighted by Gasteiger charge is 2.46. The van der Waals surface area contributed by atoms with Crippen LogP contribution in [0.25, 0.3) is 0 Å². The minimum Gasteiger partial charge on any atom is -0.367 e. The molecule has 2 aromatic rings. The Morgan fingerprint density at radius 2 is 1.86 bits per heavy atom. The van der Waals surface area contributed by atoms with Crippen LogP contribution in [0.4, 0.5) is 5.95 Å². The van der Waals surface area contributed by atoms with Crippen LogP contribution < -0.4 is 4.90 Å². The summed E-state index contributed by atoms with van der Waals surface area (Å²) in [6.45, 7) is 6.21. The molecular weight excluding hydrogens is 364 g/mol. The number of amides is 1. The molecule has 1 aromatic carbocycles. The molecule has 6 heteroatoms. The highest BCUT2D eigenvalue weighted by Crippen LogP contribution is 2.44. The number of piperidine rings is 1. The summed E-state index contributed by atoms with van der Waals surface area (Å²) in [6, 6.07) is 12.5. The number of carbonyl (C=O) groups is 1. The van der Waals surface area contributed by atoms with Gasteiger partial charge < -0.3 is 14.5 Å². The van der Waals surface area contributed by atoms with Crippen LogP contribution in [-0.4, -0.2) is 52.1 Å². The van der Waals surface area contributed by atoms with Gasteiger partial charge in [-0.2, -0.15) is 0 Å². The fourth-order valence-electron chi connectivity index (χ4n) is 4.90. The third kappa shape index (κ3) is 4.27. The fraction of sp³-hybridized carbons (Fsp3) is 0.522. The number of hydrogen-bond acceptors (Lipinski definition) is 5. The van der Waals surface area contributed by atoms with Gasteiger partial charge in [-0.1, -0.05) is 30.3 Å². The quantitative estimate of drug-likeness (QED) is 0.793. The molecule has 0 saturated carbocycles. The number of rotatable bonds is 4. The average Bonchev–Trinajstić information content (AvgIpc) is 2.75. The van der Waals surface area contributed by atoms with Gasteiger partial charge in [0.2, 0.25) is 11.9 Å². The first-order valence-electron chi connectivity index (χ1n) is 10.6. The molecular formula is C23H30N4O2. The standard InChI is InChI=1S/C23H30N4O2/c1-3-27(18(2)28)20-16-21(19-8-5-4-6-9-19)29-23(17-20)10-14-26(15-11-23)22-24-12-7-13-25-22/h4-9,12-13,20-21H,3,10-11,14-17H2,1-2H3/t20-,21-/m0/s1. The summed E-state index contributed by atoms with van der Waals surface area (Å²) in [5.41, 5.74) is 0.988. The molecule has 0 bridgehead atoms. The minimum atomic E-state index is -0.211. The molecule has 2 aliphatic heterocycles. The van der Waals surface area contributed by atoms with Crippen molar-refractivity contribution in [3.63, 3.8) is 0 Å². The van der Waals surface area contributed by atoms with E-state index in [0.717, 1.165) is 51.3 Å². The fourth-order valence-corrected chi connectivity index (χ4v) is 4.90. The zero-order valence-electron chi connectivity index (χ0n) is 17.3. The molecule has 3 heterocycles. The van der Waals surface area contributed by atoms with Crippen LogP contribution in [0.1, 0.15) is 51.2 Å². The highest BCUT2D eigenvalue weighted by molar-refractivity contribution is 5.73. The first-order chi connectivity index (χ1) is 14.1. The number of nitrogens with zero attached hydrogens (tertiary/aromatic N) is 4. The van der Waals surface area contributed by atoms with Crippen molar-refractivity contribution >= 4 is 11.9 Å². The van der Waals surface area contributed by atoms with E-state index in [0.29, 0.717) is 0 Å². The molecule has 29 heavy (non-hydrogen) atoms. The second kappa shape index (κ2) is 8.49. The van der Waals surface area contributed by atoms with Gasteiger partial charge in [-0.05, 0) is 44.2 Å². The van der Waals surface area contributed by atoms with E-state index in [1.165, 1.54) is 5.56 Å². The zero-order chi connectivity index (χ0) is 20.3. The van der Waals surface area contributed by atoms with Gasteiger partial charge in [0, 0.05) is 45.0 Å². The van der Waals surface area contributed by atoms with Crippen LogP contribution in [0.3, 0.4) is 0 Å². The van der Waals surface area contributed by atoms with Crippen molar-refractivity contribution in [3.8, 4) is 0 Å². The van der Waals surface area contributed by atoms with Crippen LogP contribution in [0.15, 0.2) is 48.8 Å². The zero-order valence-corrected chi connectivity index (χ0v) is 17.3. The number of ether oxygens (including phenoxy) is 1. The van der Waals surface area contributed by atoms with Crippen molar-refractivity contribution in [2.45, 2.75) is 57.3 Å². The van der Waals surface area contributed by atoms with Crippen molar-refractivity contribution < 1.29 is 9.53 Å². The molecule has 6 nitrogen and oxygen atoms in total. The highest BCUT2D eigenvalue weighted by atomic mass is 16.5. The lowest BCUT2D eigenvalue weighted by Crippen LogP contribution is -2.55. The summed E-state index contributed by atoms with van der Waals surface area (Å²) < 4.78 is 6.78. The van der Waals surface area contributed by atoms with Crippen molar-refractivity contribution in [1.82, 2.24) is 14.9 Å². The summed E-state index contributed by atoms with van der Waals surface area (Å²) in [7, 11) is 0. The van der Waals surface area contributed by atoms with Gasteiger partial charge in [0.05, 0.1) is 11.7 Å². The van der Waals surface area contributed by atoms with Gasteiger partial charge in [0.15, 0.2) is 0 Å². The maximum absolute atomic E-state index is 12.3. The predicted octanol–water partition coefficient (Wildman–Crippen LogP) is 3.60. The summed E-state index contributed by atoms with van der Waals surface area (Å²) in [5, 5.41) is 0. The van der Waals surface area contributed by atoms with Gasteiger partial charge >= 0.3 is 0 Å². The molecule has 2 saturated heterocycles. The molecule has 0 radical (unpaired) electrons. The predicted molar refractivity (Wildman–Crippen MR) is 113 cm³/mol. The SMILES string of the molecule is CCN(C(C)=O)[C@H]1C[C@@H](c2ccccc2)OC2(CCN(c3ncccn3)CC2)C1. The largest absolute Gasteiger partial charge is 0.367 e. The Hall–Kier alpha value is -2.47. The normalized spacial score (nSPS) is 23.7. The Balaban J connectivity index is 1.56. The monoisotopic (exact) mass is 394 g/mol. The second-order valence-corrected chi connectivity index (χ2v) is 8.13. The lowest BCUT2D eigenvalue weighted by Gasteiger charge is -2.51. The molecule has 1 spiro atoms. The summed E-state index contributed by atoms with van der Waals surface area (Å²) in [5.74, 6) is 0.935. The first-order valence-corrected chi connectivity index (χ1v) is 10.6. The van der Waals surface area contributed by atoms with Crippen molar-refractivity contribution in [2.75, 3.05) is 24.5 Å². The second-order valence-electron chi connectivity index (χ2n) is 8.13. The Morgan fingerprint density at radius 1 is 1.17 bits per heavy atom. The van der Waals surface area contributed by atoms with Gasteiger partial charge in [0.1, 0.15) is 0 Å². The molecule has 1 amide bonds. The van der Waals surface area contributed by atoms with E-state index in [2.05, 4.69) is 46.1 Å². The Kier molecular flexibility index (Phi) is 5.81. The van der Waals surface area contributed by atoms with E-state index < -0.39 is 0 Å². The van der Waals surface area contributed by atoms with Gasteiger partial charge in [-0.25, -0.2) is 9.97 Å². The molecule has 2 fully saturated rings. The van der Waals surface area contributed by atoms with E-state index in [1.807, 2.05) is 17.0 Å². The lowest BCUT2D eigenvalue weighted by atomic mass is 9.79.